The van der Waals surface area contributed by atoms with Gasteiger partial charge in [0.25, 0.3) is 10.0 Å². The summed E-state index contributed by atoms with van der Waals surface area (Å²) in [6.45, 7) is 0.155. The van der Waals surface area contributed by atoms with Gasteiger partial charge in [-0.15, -0.1) is 0 Å². The van der Waals surface area contributed by atoms with Gasteiger partial charge in [-0.2, -0.15) is 0 Å². The zero-order valence-electron chi connectivity index (χ0n) is 13.1. The third-order valence-corrected chi connectivity index (χ3v) is 6.53. The molecule has 2 aliphatic rings. The first-order valence-corrected chi connectivity index (χ1v) is 9.49. The fourth-order valence-electron chi connectivity index (χ4n) is 3.24. The van der Waals surface area contributed by atoms with Gasteiger partial charge in [-0.05, 0) is 36.3 Å². The van der Waals surface area contributed by atoms with E-state index in [1.54, 1.807) is 24.3 Å². The normalized spacial score (nSPS) is 19.5. The van der Waals surface area contributed by atoms with E-state index in [9.17, 15) is 13.2 Å². The van der Waals surface area contributed by atoms with Crippen molar-refractivity contribution in [1.29, 1.82) is 0 Å². The van der Waals surface area contributed by atoms with Gasteiger partial charge in [-0.3, -0.25) is 9.10 Å². The van der Waals surface area contributed by atoms with Gasteiger partial charge >= 0.3 is 0 Å². The summed E-state index contributed by atoms with van der Waals surface area (Å²) in [6, 6.07) is 10.5. The van der Waals surface area contributed by atoms with Crippen LogP contribution in [0.4, 0.5) is 5.69 Å². The molecule has 0 radical (unpaired) electrons. The van der Waals surface area contributed by atoms with Gasteiger partial charge in [-0.1, -0.05) is 24.3 Å². The van der Waals surface area contributed by atoms with Crippen LogP contribution in [0.2, 0.25) is 0 Å². The van der Waals surface area contributed by atoms with Crippen LogP contribution in [-0.4, -0.2) is 33.5 Å². The third-order valence-electron chi connectivity index (χ3n) is 4.73. The largest absolute Gasteiger partial charge is 0.353 e. The molecule has 1 atom stereocenters. The van der Waals surface area contributed by atoms with Crippen molar-refractivity contribution in [1.82, 2.24) is 5.32 Å². The number of hydrogen-bond donors (Lipinski definition) is 2. The first-order chi connectivity index (χ1) is 11.5. The summed E-state index contributed by atoms with van der Waals surface area (Å²) in [5, 5.41) is 4.29. The van der Waals surface area contributed by atoms with E-state index in [1.807, 2.05) is 12.1 Å². The molecule has 1 saturated carbocycles. The van der Waals surface area contributed by atoms with E-state index >= 15 is 0 Å². The van der Waals surface area contributed by atoms with Gasteiger partial charge in [0, 0.05) is 18.0 Å². The maximum Gasteiger partial charge on any atom is 0.265 e. The first-order valence-electron chi connectivity index (χ1n) is 8.05. The van der Waals surface area contributed by atoms with Gasteiger partial charge in [0.2, 0.25) is 5.91 Å². The molecule has 1 fully saturated rings. The molecule has 0 saturated heterocycles. The molecule has 6 nitrogen and oxygen atoms in total. The van der Waals surface area contributed by atoms with Crippen LogP contribution in [0.3, 0.4) is 0 Å². The van der Waals surface area contributed by atoms with Crippen LogP contribution in [0.5, 0.6) is 0 Å². The molecule has 1 aliphatic carbocycles. The number of rotatable bonds is 5. The molecular formula is C17H19N3O3S. The van der Waals surface area contributed by atoms with Gasteiger partial charge in [0.05, 0.1) is 10.6 Å². The molecule has 3 N–H and O–H groups in total. The van der Waals surface area contributed by atoms with Gasteiger partial charge in [0.15, 0.2) is 0 Å². The Hall–Kier alpha value is -2.12. The molecule has 7 heteroatoms. The van der Waals surface area contributed by atoms with Crippen molar-refractivity contribution in [2.75, 3.05) is 17.4 Å². The van der Waals surface area contributed by atoms with E-state index in [4.69, 9.17) is 5.73 Å². The molecule has 1 aliphatic heterocycles. The number of nitrogens with zero attached hydrogens (tertiary/aromatic N) is 1. The van der Waals surface area contributed by atoms with E-state index < -0.39 is 10.0 Å². The van der Waals surface area contributed by atoms with Crippen molar-refractivity contribution in [3.05, 3.63) is 36.4 Å². The molecule has 0 aromatic heterocycles. The second-order valence-corrected chi connectivity index (χ2v) is 8.28. The van der Waals surface area contributed by atoms with Crippen molar-refractivity contribution in [2.24, 2.45) is 11.7 Å². The Kier molecular flexibility index (Phi) is 3.51. The molecule has 0 bridgehead atoms. The summed E-state index contributed by atoms with van der Waals surface area (Å²) >= 11 is 0. The fraction of sp³-hybridized carbons (Fsp3) is 0.353. The van der Waals surface area contributed by atoms with Crippen molar-refractivity contribution in [2.45, 2.75) is 23.8 Å². The maximum atomic E-state index is 12.8. The zero-order chi connectivity index (χ0) is 16.9. The quantitative estimate of drug-likeness (QED) is 0.852. The van der Waals surface area contributed by atoms with Crippen molar-refractivity contribution in [3.8, 4) is 0 Å². The number of amides is 1. The predicted octanol–water partition coefficient (Wildman–Crippen LogP) is 1.20. The highest BCUT2D eigenvalue weighted by Crippen LogP contribution is 2.41. The van der Waals surface area contributed by atoms with Gasteiger partial charge in [0.1, 0.15) is 6.54 Å². The van der Waals surface area contributed by atoms with E-state index in [1.165, 1.54) is 4.31 Å². The molecule has 1 amide bonds. The minimum Gasteiger partial charge on any atom is -0.353 e. The number of benzene rings is 2. The highest BCUT2D eigenvalue weighted by atomic mass is 32.2. The summed E-state index contributed by atoms with van der Waals surface area (Å²) in [5.41, 5.74) is 6.53. The van der Waals surface area contributed by atoms with Crippen LogP contribution in [0, 0.1) is 5.92 Å². The molecule has 126 valence electrons. The monoisotopic (exact) mass is 345 g/mol. The van der Waals surface area contributed by atoms with Crippen LogP contribution in [-0.2, 0) is 14.8 Å². The Labute approximate surface area is 140 Å². The number of carbonyl (C=O) groups excluding carboxylic acids is 1. The lowest BCUT2D eigenvalue weighted by molar-refractivity contribution is -0.119. The summed E-state index contributed by atoms with van der Waals surface area (Å²) in [7, 11) is -3.69. The minimum absolute atomic E-state index is 0.0511. The number of nitrogens with two attached hydrogens (primary N) is 1. The Balaban J connectivity index is 1.58. The summed E-state index contributed by atoms with van der Waals surface area (Å²) in [5.74, 6) is 0.151. The maximum absolute atomic E-state index is 12.8. The molecule has 1 heterocycles. The van der Waals surface area contributed by atoms with Crippen LogP contribution in [0.15, 0.2) is 41.3 Å². The summed E-state index contributed by atoms with van der Waals surface area (Å²) < 4.78 is 26.7. The SMILES string of the molecule is NC(CNC(=O)CN1c2cccc3cccc(c23)S1(=O)=O)C1CC1. The molecule has 24 heavy (non-hydrogen) atoms. The van der Waals surface area contributed by atoms with E-state index in [0.29, 0.717) is 23.5 Å². The van der Waals surface area contributed by atoms with E-state index in [-0.39, 0.29) is 23.4 Å². The van der Waals surface area contributed by atoms with Crippen LogP contribution in [0.1, 0.15) is 12.8 Å². The highest BCUT2D eigenvalue weighted by molar-refractivity contribution is 7.93. The van der Waals surface area contributed by atoms with Crippen molar-refractivity contribution >= 4 is 32.4 Å². The second kappa shape index (κ2) is 5.46. The molecule has 1 unspecified atom stereocenters. The second-order valence-electron chi connectivity index (χ2n) is 6.45. The van der Waals surface area contributed by atoms with Gasteiger partial charge in [-0.25, -0.2) is 8.42 Å². The number of sulfonamides is 1. The zero-order valence-corrected chi connectivity index (χ0v) is 13.9. The molecule has 2 aromatic rings. The standard InChI is InChI=1S/C17H19N3O3S/c18-13(11-7-8-11)9-19-16(21)10-20-14-5-1-3-12-4-2-6-15(17(12)14)24(20,22)23/h1-6,11,13H,7-10,18H2,(H,19,21). The number of carbonyl (C=O) groups is 1. The van der Waals surface area contributed by atoms with Crippen LogP contribution >= 0.6 is 0 Å². The number of nitrogens with one attached hydrogen (secondary N) is 1. The van der Waals surface area contributed by atoms with Crippen LogP contribution < -0.4 is 15.4 Å². The Bertz CT molecular complexity index is 917. The van der Waals surface area contributed by atoms with Crippen molar-refractivity contribution in [3.63, 3.8) is 0 Å². The van der Waals surface area contributed by atoms with E-state index in [2.05, 4.69) is 5.32 Å². The topological polar surface area (TPSA) is 92.5 Å². The average Bonchev–Trinajstić information content (AvgIpc) is 3.38. The lowest BCUT2D eigenvalue weighted by Gasteiger charge is -2.19. The Morgan fingerprint density at radius 3 is 2.67 bits per heavy atom. The third kappa shape index (κ3) is 2.44. The average molecular weight is 345 g/mol. The first kappa shape index (κ1) is 15.4. The lowest BCUT2D eigenvalue weighted by atomic mass is 10.1. The smallest absolute Gasteiger partial charge is 0.265 e. The lowest BCUT2D eigenvalue weighted by Crippen LogP contribution is -2.44. The fourth-order valence-corrected chi connectivity index (χ4v) is 4.90. The highest BCUT2D eigenvalue weighted by Gasteiger charge is 2.36. The van der Waals surface area contributed by atoms with E-state index in [0.717, 1.165) is 18.2 Å². The van der Waals surface area contributed by atoms with Crippen molar-refractivity contribution < 1.29 is 13.2 Å². The summed E-state index contributed by atoms with van der Waals surface area (Å²) in [4.78, 5) is 12.5. The minimum atomic E-state index is -3.69. The molecule has 2 aromatic carbocycles. The molecule has 0 spiro atoms. The summed E-state index contributed by atoms with van der Waals surface area (Å²) in [6.07, 6.45) is 2.21. The molecule has 4 rings (SSSR count). The van der Waals surface area contributed by atoms with Gasteiger partial charge < -0.3 is 11.1 Å². The predicted molar refractivity (Wildman–Crippen MR) is 92.2 cm³/mol. The van der Waals surface area contributed by atoms with Crippen LogP contribution in [0.25, 0.3) is 10.8 Å². The number of anilines is 1. The number of hydrogen-bond acceptors (Lipinski definition) is 4. The Morgan fingerprint density at radius 2 is 1.96 bits per heavy atom. The molecular weight excluding hydrogens is 326 g/mol. The Morgan fingerprint density at radius 1 is 1.25 bits per heavy atom.